The first-order valence-electron chi connectivity index (χ1n) is 7.02. The molecule has 0 aromatic rings. The molecular formula is C14H28N2O2. The van der Waals surface area contributed by atoms with Gasteiger partial charge in [0, 0.05) is 24.6 Å². The van der Waals surface area contributed by atoms with E-state index in [9.17, 15) is 4.79 Å². The van der Waals surface area contributed by atoms with Gasteiger partial charge in [0.25, 0.3) is 0 Å². The normalized spacial score (nSPS) is 23.7. The predicted octanol–water partition coefficient (Wildman–Crippen LogP) is 1.97. The van der Waals surface area contributed by atoms with Crippen LogP contribution in [-0.2, 0) is 9.53 Å². The Bertz CT molecular complexity index is 280. The highest BCUT2D eigenvalue weighted by Gasteiger charge is 2.35. The maximum absolute atomic E-state index is 11.9. The topological polar surface area (TPSA) is 64.4 Å². The summed E-state index contributed by atoms with van der Waals surface area (Å²) >= 11 is 0. The quantitative estimate of drug-likeness (QED) is 0.790. The summed E-state index contributed by atoms with van der Waals surface area (Å²) in [6.07, 6.45) is 4.18. The molecule has 4 nitrogen and oxygen atoms in total. The molecule has 0 radical (unpaired) electrons. The smallest absolute Gasteiger partial charge is 0.222 e. The Morgan fingerprint density at radius 1 is 1.44 bits per heavy atom. The molecule has 0 spiro atoms. The van der Waals surface area contributed by atoms with E-state index in [4.69, 9.17) is 10.5 Å². The van der Waals surface area contributed by atoms with Crippen LogP contribution in [0.3, 0.4) is 0 Å². The highest BCUT2D eigenvalue weighted by molar-refractivity contribution is 5.77. The van der Waals surface area contributed by atoms with Crippen molar-refractivity contribution in [2.24, 2.45) is 5.73 Å². The average Bonchev–Trinajstić information content (AvgIpc) is 2.26. The van der Waals surface area contributed by atoms with E-state index in [1.807, 2.05) is 13.8 Å². The molecule has 0 aromatic carbocycles. The number of carbonyl (C=O) groups excluding carboxylic acids is 1. The van der Waals surface area contributed by atoms with Crippen LogP contribution < -0.4 is 11.1 Å². The Morgan fingerprint density at radius 3 is 2.56 bits per heavy atom. The van der Waals surface area contributed by atoms with E-state index < -0.39 is 5.54 Å². The second-order valence-corrected chi connectivity index (χ2v) is 6.16. The molecule has 18 heavy (non-hydrogen) atoms. The van der Waals surface area contributed by atoms with Gasteiger partial charge in [0.05, 0.1) is 5.60 Å². The van der Waals surface area contributed by atoms with Crippen molar-refractivity contribution in [2.75, 3.05) is 6.61 Å². The van der Waals surface area contributed by atoms with E-state index >= 15 is 0 Å². The molecule has 1 rings (SSSR count). The molecule has 1 amide bonds. The summed E-state index contributed by atoms with van der Waals surface area (Å²) < 4.78 is 5.90. The summed E-state index contributed by atoms with van der Waals surface area (Å²) in [5.74, 6) is 0.0514. The zero-order valence-corrected chi connectivity index (χ0v) is 12.2. The molecule has 0 aromatic heterocycles. The summed E-state index contributed by atoms with van der Waals surface area (Å²) in [4.78, 5) is 11.9. The van der Waals surface area contributed by atoms with Crippen molar-refractivity contribution >= 4 is 5.91 Å². The van der Waals surface area contributed by atoms with E-state index in [1.54, 1.807) is 0 Å². The third-order valence-electron chi connectivity index (χ3n) is 3.76. The van der Waals surface area contributed by atoms with Gasteiger partial charge in [0.1, 0.15) is 0 Å². The zero-order chi connectivity index (χ0) is 13.8. The van der Waals surface area contributed by atoms with Crippen molar-refractivity contribution in [1.29, 1.82) is 0 Å². The molecule has 4 heteroatoms. The molecule has 0 aliphatic carbocycles. The van der Waals surface area contributed by atoms with Crippen LogP contribution in [0.25, 0.3) is 0 Å². The Labute approximate surface area is 111 Å². The predicted molar refractivity (Wildman–Crippen MR) is 73.3 cm³/mol. The van der Waals surface area contributed by atoms with E-state index in [0.717, 1.165) is 32.3 Å². The van der Waals surface area contributed by atoms with Crippen molar-refractivity contribution in [2.45, 2.75) is 77.0 Å². The van der Waals surface area contributed by atoms with Gasteiger partial charge in [0.15, 0.2) is 0 Å². The largest absolute Gasteiger partial charge is 0.375 e. The number of carbonyl (C=O) groups is 1. The number of hydrogen-bond donors (Lipinski definition) is 2. The van der Waals surface area contributed by atoms with Gasteiger partial charge in [-0.3, -0.25) is 4.79 Å². The summed E-state index contributed by atoms with van der Waals surface area (Å²) in [5, 5.41) is 3.10. The Morgan fingerprint density at radius 2 is 2.06 bits per heavy atom. The molecule has 0 saturated carbocycles. The number of rotatable bonds is 5. The lowest BCUT2D eigenvalue weighted by atomic mass is 9.85. The van der Waals surface area contributed by atoms with Gasteiger partial charge in [-0.1, -0.05) is 13.8 Å². The number of ether oxygens (including phenoxy) is 1. The third kappa shape index (κ3) is 4.58. The van der Waals surface area contributed by atoms with Gasteiger partial charge in [0.2, 0.25) is 5.91 Å². The summed E-state index contributed by atoms with van der Waals surface area (Å²) in [6, 6.07) is 0.230. The van der Waals surface area contributed by atoms with Crippen LogP contribution in [0.1, 0.15) is 59.8 Å². The van der Waals surface area contributed by atoms with Crippen LogP contribution in [0.2, 0.25) is 0 Å². The van der Waals surface area contributed by atoms with Crippen molar-refractivity contribution in [3.63, 3.8) is 0 Å². The maximum Gasteiger partial charge on any atom is 0.222 e. The third-order valence-corrected chi connectivity index (χ3v) is 3.76. The number of hydrogen-bond acceptors (Lipinski definition) is 3. The lowest BCUT2D eigenvalue weighted by Gasteiger charge is -2.40. The number of nitrogens with two attached hydrogens (primary N) is 1. The van der Waals surface area contributed by atoms with Gasteiger partial charge >= 0.3 is 0 Å². The van der Waals surface area contributed by atoms with Crippen LogP contribution in [0.15, 0.2) is 0 Å². The Kier molecular flexibility index (Phi) is 5.17. The molecule has 1 unspecified atom stereocenters. The lowest BCUT2D eigenvalue weighted by Crippen LogP contribution is -2.49. The molecule has 1 aliphatic rings. The maximum atomic E-state index is 11.9. The highest BCUT2D eigenvalue weighted by atomic mass is 16.5. The van der Waals surface area contributed by atoms with E-state index in [-0.39, 0.29) is 17.6 Å². The molecule has 1 atom stereocenters. The van der Waals surface area contributed by atoms with Crippen molar-refractivity contribution in [3.8, 4) is 0 Å². The molecule has 1 aliphatic heterocycles. The van der Waals surface area contributed by atoms with Crippen LogP contribution >= 0.6 is 0 Å². The van der Waals surface area contributed by atoms with Crippen LogP contribution in [0.5, 0.6) is 0 Å². The van der Waals surface area contributed by atoms with Crippen LogP contribution in [0.4, 0.5) is 0 Å². The van der Waals surface area contributed by atoms with Gasteiger partial charge in [-0.05, 0) is 39.5 Å². The molecule has 3 N–H and O–H groups in total. The molecule has 1 heterocycles. The monoisotopic (exact) mass is 256 g/mol. The molecule has 1 saturated heterocycles. The average molecular weight is 256 g/mol. The van der Waals surface area contributed by atoms with E-state index in [1.165, 1.54) is 0 Å². The fourth-order valence-electron chi connectivity index (χ4n) is 2.59. The molecular weight excluding hydrogens is 228 g/mol. The number of nitrogens with one attached hydrogen (secondary N) is 1. The minimum Gasteiger partial charge on any atom is -0.375 e. The van der Waals surface area contributed by atoms with Crippen molar-refractivity contribution < 1.29 is 9.53 Å². The van der Waals surface area contributed by atoms with Gasteiger partial charge in [-0.15, -0.1) is 0 Å². The SMILES string of the molecule is CCC1(CC)CC(NC(=O)CC(C)(C)N)CCO1. The van der Waals surface area contributed by atoms with Gasteiger partial charge in [-0.2, -0.15) is 0 Å². The minimum atomic E-state index is -0.443. The molecule has 0 bridgehead atoms. The first-order chi connectivity index (χ1) is 8.30. The highest BCUT2D eigenvalue weighted by Crippen LogP contribution is 2.31. The van der Waals surface area contributed by atoms with E-state index in [2.05, 4.69) is 19.2 Å². The second kappa shape index (κ2) is 6.02. The second-order valence-electron chi connectivity index (χ2n) is 6.16. The van der Waals surface area contributed by atoms with Crippen molar-refractivity contribution in [3.05, 3.63) is 0 Å². The lowest BCUT2D eigenvalue weighted by molar-refractivity contribution is -0.126. The van der Waals surface area contributed by atoms with Gasteiger partial charge in [-0.25, -0.2) is 0 Å². The zero-order valence-electron chi connectivity index (χ0n) is 12.2. The fraction of sp³-hybridized carbons (Fsp3) is 0.929. The summed E-state index contributed by atoms with van der Waals surface area (Å²) in [6.45, 7) is 8.78. The Hall–Kier alpha value is -0.610. The minimum absolute atomic E-state index is 0.0472. The van der Waals surface area contributed by atoms with Crippen molar-refractivity contribution in [1.82, 2.24) is 5.32 Å². The molecule has 1 fully saturated rings. The first kappa shape index (κ1) is 15.4. The first-order valence-corrected chi connectivity index (χ1v) is 7.02. The number of amides is 1. The Balaban J connectivity index is 2.50. The molecule has 106 valence electrons. The summed E-state index contributed by atoms with van der Waals surface area (Å²) in [7, 11) is 0. The van der Waals surface area contributed by atoms with Crippen LogP contribution in [0, 0.1) is 0 Å². The van der Waals surface area contributed by atoms with Gasteiger partial charge < -0.3 is 15.8 Å². The summed E-state index contributed by atoms with van der Waals surface area (Å²) in [5.41, 5.74) is 5.37. The fourth-order valence-corrected chi connectivity index (χ4v) is 2.59. The standard InChI is InChI=1S/C14H28N2O2/c1-5-14(6-2)9-11(7-8-18-14)16-12(17)10-13(3,4)15/h11H,5-10,15H2,1-4H3,(H,16,17). The van der Waals surface area contributed by atoms with Crippen LogP contribution in [-0.4, -0.2) is 29.7 Å². The van der Waals surface area contributed by atoms with E-state index in [0.29, 0.717) is 6.42 Å².